The van der Waals surface area contributed by atoms with E-state index in [-0.39, 0.29) is 6.10 Å². The van der Waals surface area contributed by atoms with Crippen LogP contribution in [0.2, 0.25) is 0 Å². The summed E-state index contributed by atoms with van der Waals surface area (Å²) in [6.07, 6.45) is 2.82. The Morgan fingerprint density at radius 3 is 2.50 bits per heavy atom. The van der Waals surface area contributed by atoms with Gasteiger partial charge >= 0.3 is 0 Å². The lowest BCUT2D eigenvalue weighted by molar-refractivity contribution is 0.0936. The smallest absolute Gasteiger partial charge is 0.0824 e. The SMILES string of the molecule is O[C@@H]1c2ccccc2CC[C@H]1Cc1ccccc1. The first-order chi connectivity index (χ1) is 8.84. The molecule has 92 valence electrons. The number of benzene rings is 2. The number of rotatable bonds is 2. The summed E-state index contributed by atoms with van der Waals surface area (Å²) in [6.45, 7) is 0. The van der Waals surface area contributed by atoms with Crippen molar-refractivity contribution >= 4 is 0 Å². The van der Waals surface area contributed by atoms with Crippen LogP contribution in [0, 0.1) is 5.92 Å². The van der Waals surface area contributed by atoms with Crippen molar-refractivity contribution in [1.29, 1.82) is 0 Å². The molecule has 18 heavy (non-hydrogen) atoms. The molecule has 0 amide bonds. The van der Waals surface area contributed by atoms with Crippen molar-refractivity contribution < 1.29 is 5.11 Å². The number of aryl methyl sites for hydroxylation is 1. The first-order valence-corrected chi connectivity index (χ1v) is 6.64. The van der Waals surface area contributed by atoms with Crippen LogP contribution < -0.4 is 0 Å². The van der Waals surface area contributed by atoms with Crippen LogP contribution in [0.15, 0.2) is 54.6 Å². The number of aliphatic hydroxyl groups excluding tert-OH is 1. The molecule has 0 fully saturated rings. The van der Waals surface area contributed by atoms with Crippen LogP contribution >= 0.6 is 0 Å². The highest BCUT2D eigenvalue weighted by Crippen LogP contribution is 2.36. The standard InChI is InChI=1S/C17H18O/c18-17-15(12-13-6-2-1-3-7-13)11-10-14-8-4-5-9-16(14)17/h1-9,15,17-18H,10-12H2/t15-,17-/m0/s1. The maximum Gasteiger partial charge on any atom is 0.0824 e. The van der Waals surface area contributed by atoms with Gasteiger partial charge in [0.2, 0.25) is 0 Å². The summed E-state index contributed by atoms with van der Waals surface area (Å²) in [7, 11) is 0. The summed E-state index contributed by atoms with van der Waals surface area (Å²) in [5.41, 5.74) is 3.76. The van der Waals surface area contributed by atoms with Gasteiger partial charge in [-0.25, -0.2) is 0 Å². The van der Waals surface area contributed by atoms with E-state index in [0.29, 0.717) is 5.92 Å². The Labute approximate surface area is 108 Å². The van der Waals surface area contributed by atoms with E-state index in [1.807, 2.05) is 12.1 Å². The van der Waals surface area contributed by atoms with Gasteiger partial charge in [0.1, 0.15) is 0 Å². The molecule has 1 heteroatoms. The molecule has 0 saturated carbocycles. The molecule has 2 atom stereocenters. The zero-order valence-corrected chi connectivity index (χ0v) is 10.4. The van der Waals surface area contributed by atoms with Gasteiger partial charge in [-0.15, -0.1) is 0 Å². The van der Waals surface area contributed by atoms with Crippen LogP contribution in [0.5, 0.6) is 0 Å². The van der Waals surface area contributed by atoms with Crippen LogP contribution in [0.4, 0.5) is 0 Å². The van der Waals surface area contributed by atoms with Crippen molar-refractivity contribution in [3.8, 4) is 0 Å². The molecule has 0 aromatic heterocycles. The second kappa shape index (κ2) is 4.95. The number of hydrogen-bond acceptors (Lipinski definition) is 1. The van der Waals surface area contributed by atoms with Crippen LogP contribution in [-0.2, 0) is 12.8 Å². The monoisotopic (exact) mass is 238 g/mol. The average Bonchev–Trinajstić information content (AvgIpc) is 2.43. The third kappa shape index (κ3) is 2.19. The van der Waals surface area contributed by atoms with E-state index in [2.05, 4.69) is 42.5 Å². The molecule has 3 rings (SSSR count). The maximum atomic E-state index is 10.5. The quantitative estimate of drug-likeness (QED) is 0.848. The van der Waals surface area contributed by atoms with Crippen molar-refractivity contribution in [1.82, 2.24) is 0 Å². The van der Waals surface area contributed by atoms with Crippen LogP contribution in [0.3, 0.4) is 0 Å². The van der Waals surface area contributed by atoms with E-state index in [1.165, 1.54) is 11.1 Å². The molecule has 1 nitrogen and oxygen atoms in total. The summed E-state index contributed by atoms with van der Waals surface area (Å²) in [4.78, 5) is 0. The van der Waals surface area contributed by atoms with Gasteiger partial charge in [-0.2, -0.15) is 0 Å². The van der Waals surface area contributed by atoms with Crippen LogP contribution in [-0.4, -0.2) is 5.11 Å². The molecule has 0 heterocycles. The van der Waals surface area contributed by atoms with E-state index >= 15 is 0 Å². The summed E-state index contributed by atoms with van der Waals surface area (Å²) in [5, 5.41) is 10.5. The minimum absolute atomic E-state index is 0.310. The molecule has 1 N–H and O–H groups in total. The molecule has 2 aromatic rings. The highest BCUT2D eigenvalue weighted by Gasteiger charge is 2.27. The first kappa shape index (κ1) is 11.5. The molecule has 0 bridgehead atoms. The highest BCUT2D eigenvalue weighted by molar-refractivity contribution is 5.32. The molecule has 0 radical (unpaired) electrons. The summed E-state index contributed by atoms with van der Waals surface area (Å²) in [6, 6.07) is 18.7. The third-order valence-electron chi connectivity index (χ3n) is 3.95. The van der Waals surface area contributed by atoms with Gasteiger partial charge in [0.05, 0.1) is 6.10 Å². The van der Waals surface area contributed by atoms with Crippen LogP contribution in [0.1, 0.15) is 29.2 Å². The van der Waals surface area contributed by atoms with Crippen molar-refractivity contribution in [3.63, 3.8) is 0 Å². The summed E-state index contributed by atoms with van der Waals surface area (Å²) in [5.74, 6) is 0.349. The van der Waals surface area contributed by atoms with E-state index in [0.717, 1.165) is 24.8 Å². The van der Waals surface area contributed by atoms with E-state index in [9.17, 15) is 5.11 Å². The molecular formula is C17H18O. The molecule has 1 aliphatic rings. The lowest BCUT2D eigenvalue weighted by Crippen LogP contribution is -2.22. The molecule has 1 aliphatic carbocycles. The summed E-state index contributed by atoms with van der Waals surface area (Å²) < 4.78 is 0. The Morgan fingerprint density at radius 2 is 1.67 bits per heavy atom. The minimum Gasteiger partial charge on any atom is -0.388 e. The Morgan fingerprint density at radius 1 is 0.944 bits per heavy atom. The lowest BCUT2D eigenvalue weighted by atomic mass is 9.78. The summed E-state index contributed by atoms with van der Waals surface area (Å²) >= 11 is 0. The Balaban J connectivity index is 1.81. The Kier molecular flexibility index (Phi) is 3.16. The van der Waals surface area contributed by atoms with Crippen molar-refractivity contribution in [2.24, 2.45) is 5.92 Å². The van der Waals surface area contributed by atoms with Gasteiger partial charge in [-0.3, -0.25) is 0 Å². The minimum atomic E-state index is -0.310. The molecule has 0 saturated heterocycles. The average molecular weight is 238 g/mol. The molecule has 0 aliphatic heterocycles. The Hall–Kier alpha value is -1.60. The van der Waals surface area contributed by atoms with E-state index in [1.54, 1.807) is 0 Å². The van der Waals surface area contributed by atoms with Gasteiger partial charge in [0.15, 0.2) is 0 Å². The number of fused-ring (bicyclic) bond motifs is 1. The zero-order chi connectivity index (χ0) is 12.4. The predicted molar refractivity (Wildman–Crippen MR) is 73.4 cm³/mol. The van der Waals surface area contributed by atoms with Gasteiger partial charge in [-0.05, 0) is 41.9 Å². The second-order valence-electron chi connectivity index (χ2n) is 5.13. The normalized spacial score (nSPS) is 22.5. The van der Waals surface area contributed by atoms with E-state index < -0.39 is 0 Å². The van der Waals surface area contributed by atoms with Crippen molar-refractivity contribution in [2.75, 3.05) is 0 Å². The van der Waals surface area contributed by atoms with Gasteiger partial charge in [0.25, 0.3) is 0 Å². The number of hydrogen-bond donors (Lipinski definition) is 1. The van der Waals surface area contributed by atoms with Gasteiger partial charge in [-0.1, -0.05) is 54.6 Å². The van der Waals surface area contributed by atoms with Crippen LogP contribution in [0.25, 0.3) is 0 Å². The number of aliphatic hydroxyl groups is 1. The predicted octanol–water partition coefficient (Wildman–Crippen LogP) is 3.53. The fourth-order valence-electron chi connectivity index (χ4n) is 2.93. The fourth-order valence-corrected chi connectivity index (χ4v) is 2.93. The third-order valence-corrected chi connectivity index (χ3v) is 3.95. The molecular weight excluding hydrogens is 220 g/mol. The molecule has 0 unspecified atom stereocenters. The van der Waals surface area contributed by atoms with Crippen molar-refractivity contribution in [2.45, 2.75) is 25.4 Å². The van der Waals surface area contributed by atoms with Gasteiger partial charge < -0.3 is 5.11 Å². The Bertz CT molecular complexity index is 518. The molecule has 2 aromatic carbocycles. The second-order valence-corrected chi connectivity index (χ2v) is 5.13. The molecule has 0 spiro atoms. The first-order valence-electron chi connectivity index (χ1n) is 6.64. The largest absolute Gasteiger partial charge is 0.388 e. The fraction of sp³-hybridized carbons (Fsp3) is 0.294. The van der Waals surface area contributed by atoms with Gasteiger partial charge in [0, 0.05) is 0 Å². The lowest BCUT2D eigenvalue weighted by Gasteiger charge is -2.30. The zero-order valence-electron chi connectivity index (χ0n) is 10.4. The highest BCUT2D eigenvalue weighted by atomic mass is 16.3. The topological polar surface area (TPSA) is 20.2 Å². The van der Waals surface area contributed by atoms with Crippen molar-refractivity contribution in [3.05, 3.63) is 71.3 Å². The maximum absolute atomic E-state index is 10.5. The van der Waals surface area contributed by atoms with E-state index in [4.69, 9.17) is 0 Å².